The lowest BCUT2D eigenvalue weighted by atomic mass is 10.1. The summed E-state index contributed by atoms with van der Waals surface area (Å²) < 4.78 is 5.28. The zero-order chi connectivity index (χ0) is 14.4. The first-order chi connectivity index (χ1) is 9.70. The average Bonchev–Trinajstić information content (AvgIpc) is 2.48. The fourth-order valence-electron chi connectivity index (χ4n) is 2.00. The van der Waals surface area contributed by atoms with Gasteiger partial charge in [-0.2, -0.15) is 0 Å². The molecule has 0 saturated heterocycles. The molecule has 0 aromatic heterocycles. The molecule has 0 spiro atoms. The van der Waals surface area contributed by atoms with Crippen molar-refractivity contribution in [3.05, 3.63) is 65.2 Å². The van der Waals surface area contributed by atoms with Crippen LogP contribution in [0.5, 0.6) is 5.75 Å². The summed E-state index contributed by atoms with van der Waals surface area (Å²) in [7, 11) is 1.65. The number of rotatable bonds is 6. The van der Waals surface area contributed by atoms with Crippen LogP contribution in [-0.2, 0) is 13.1 Å². The number of methoxy groups -OCH3 is 1. The molecular weight excluding hydrogens is 254 g/mol. The monoisotopic (exact) mass is 271 g/mol. The highest BCUT2D eigenvalue weighted by atomic mass is 16.5. The van der Waals surface area contributed by atoms with E-state index in [1.54, 1.807) is 25.3 Å². The number of ether oxygens (including phenoxy) is 1. The molecular formula is C16H17NO3. The van der Waals surface area contributed by atoms with Gasteiger partial charge in [-0.3, -0.25) is 0 Å². The normalized spacial score (nSPS) is 10.2. The first-order valence-corrected chi connectivity index (χ1v) is 6.35. The van der Waals surface area contributed by atoms with Crippen molar-refractivity contribution in [2.24, 2.45) is 0 Å². The van der Waals surface area contributed by atoms with Crippen LogP contribution >= 0.6 is 0 Å². The minimum atomic E-state index is -0.906. The quantitative estimate of drug-likeness (QED) is 0.848. The topological polar surface area (TPSA) is 58.6 Å². The molecule has 0 unspecified atom stereocenters. The third-order valence-electron chi connectivity index (χ3n) is 3.01. The van der Waals surface area contributed by atoms with Crippen molar-refractivity contribution in [2.45, 2.75) is 13.1 Å². The van der Waals surface area contributed by atoms with Crippen LogP contribution in [0.1, 0.15) is 21.5 Å². The van der Waals surface area contributed by atoms with E-state index in [2.05, 4.69) is 5.32 Å². The average molecular weight is 271 g/mol. The van der Waals surface area contributed by atoms with E-state index in [9.17, 15) is 4.79 Å². The molecule has 0 saturated carbocycles. The zero-order valence-electron chi connectivity index (χ0n) is 11.3. The van der Waals surface area contributed by atoms with Crippen molar-refractivity contribution in [1.82, 2.24) is 5.32 Å². The van der Waals surface area contributed by atoms with Crippen molar-refractivity contribution in [1.29, 1.82) is 0 Å². The zero-order valence-corrected chi connectivity index (χ0v) is 11.3. The second-order valence-electron chi connectivity index (χ2n) is 4.42. The van der Waals surface area contributed by atoms with E-state index in [1.807, 2.05) is 30.3 Å². The maximum atomic E-state index is 10.9. The van der Waals surface area contributed by atoms with Gasteiger partial charge < -0.3 is 15.2 Å². The van der Waals surface area contributed by atoms with Crippen LogP contribution in [-0.4, -0.2) is 18.2 Å². The molecule has 0 radical (unpaired) electrons. The Kier molecular flexibility index (Phi) is 4.74. The molecule has 0 bridgehead atoms. The molecule has 2 aromatic carbocycles. The van der Waals surface area contributed by atoms with E-state index in [1.165, 1.54) is 0 Å². The fraction of sp³-hybridized carbons (Fsp3) is 0.188. The smallest absolute Gasteiger partial charge is 0.335 e. The van der Waals surface area contributed by atoms with Crippen LogP contribution in [0.3, 0.4) is 0 Å². The highest BCUT2D eigenvalue weighted by Gasteiger charge is 2.04. The van der Waals surface area contributed by atoms with Gasteiger partial charge in [-0.25, -0.2) is 4.79 Å². The van der Waals surface area contributed by atoms with Gasteiger partial charge in [0, 0.05) is 18.7 Å². The minimum Gasteiger partial charge on any atom is -0.496 e. The lowest BCUT2D eigenvalue weighted by molar-refractivity contribution is 0.0696. The molecule has 4 heteroatoms. The van der Waals surface area contributed by atoms with Gasteiger partial charge >= 0.3 is 5.97 Å². The van der Waals surface area contributed by atoms with E-state index in [4.69, 9.17) is 9.84 Å². The lowest BCUT2D eigenvalue weighted by Gasteiger charge is -2.09. The second-order valence-corrected chi connectivity index (χ2v) is 4.42. The minimum absolute atomic E-state index is 0.307. The first kappa shape index (κ1) is 14.1. The summed E-state index contributed by atoms with van der Waals surface area (Å²) in [4.78, 5) is 10.9. The number of nitrogens with one attached hydrogen (secondary N) is 1. The number of benzene rings is 2. The van der Waals surface area contributed by atoms with Crippen molar-refractivity contribution in [2.75, 3.05) is 7.11 Å². The summed E-state index contributed by atoms with van der Waals surface area (Å²) in [6.07, 6.45) is 0. The molecule has 104 valence electrons. The van der Waals surface area contributed by atoms with Crippen LogP contribution in [0, 0.1) is 0 Å². The van der Waals surface area contributed by atoms with Crippen LogP contribution in [0.2, 0.25) is 0 Å². The second kappa shape index (κ2) is 6.73. The number of carboxylic acid groups (broad SMARTS) is 1. The summed E-state index contributed by atoms with van der Waals surface area (Å²) in [5.74, 6) is -0.0594. The van der Waals surface area contributed by atoms with Crippen molar-refractivity contribution in [3.63, 3.8) is 0 Å². The van der Waals surface area contributed by atoms with Gasteiger partial charge in [0.05, 0.1) is 12.7 Å². The van der Waals surface area contributed by atoms with E-state index in [-0.39, 0.29) is 0 Å². The number of aromatic carboxylic acids is 1. The third-order valence-corrected chi connectivity index (χ3v) is 3.01. The van der Waals surface area contributed by atoms with Gasteiger partial charge in [-0.05, 0) is 23.8 Å². The molecule has 20 heavy (non-hydrogen) atoms. The van der Waals surface area contributed by atoms with E-state index < -0.39 is 5.97 Å². The van der Waals surface area contributed by atoms with Crippen LogP contribution in [0.15, 0.2) is 48.5 Å². The Morgan fingerprint density at radius 2 is 1.95 bits per heavy atom. The summed E-state index contributed by atoms with van der Waals surface area (Å²) >= 11 is 0. The van der Waals surface area contributed by atoms with Crippen LogP contribution in [0.4, 0.5) is 0 Å². The van der Waals surface area contributed by atoms with Crippen LogP contribution in [0.25, 0.3) is 0 Å². The Balaban J connectivity index is 1.96. The van der Waals surface area contributed by atoms with Gasteiger partial charge in [-0.15, -0.1) is 0 Å². The van der Waals surface area contributed by atoms with Crippen molar-refractivity contribution >= 4 is 5.97 Å². The van der Waals surface area contributed by atoms with Crippen LogP contribution < -0.4 is 10.1 Å². The Morgan fingerprint density at radius 1 is 1.15 bits per heavy atom. The SMILES string of the molecule is COc1ccccc1CNCc1cccc(C(=O)O)c1. The molecule has 2 N–H and O–H groups in total. The Morgan fingerprint density at radius 3 is 2.70 bits per heavy atom. The molecule has 0 fully saturated rings. The Bertz CT molecular complexity index is 596. The number of hydrogen-bond donors (Lipinski definition) is 2. The molecule has 2 rings (SSSR count). The summed E-state index contributed by atoms with van der Waals surface area (Å²) in [5, 5.41) is 12.2. The van der Waals surface area contributed by atoms with Crippen molar-refractivity contribution < 1.29 is 14.6 Å². The van der Waals surface area contributed by atoms with Gasteiger partial charge in [0.1, 0.15) is 5.75 Å². The molecule has 0 aliphatic rings. The first-order valence-electron chi connectivity index (χ1n) is 6.35. The molecule has 4 nitrogen and oxygen atoms in total. The molecule has 0 aliphatic carbocycles. The molecule has 0 heterocycles. The highest BCUT2D eigenvalue weighted by molar-refractivity contribution is 5.87. The van der Waals surface area contributed by atoms with Gasteiger partial charge in [-0.1, -0.05) is 30.3 Å². The fourth-order valence-corrected chi connectivity index (χ4v) is 2.00. The maximum Gasteiger partial charge on any atom is 0.335 e. The number of carbonyl (C=O) groups is 1. The largest absolute Gasteiger partial charge is 0.496 e. The number of para-hydroxylation sites is 1. The predicted molar refractivity (Wildman–Crippen MR) is 76.9 cm³/mol. The summed E-state index contributed by atoms with van der Waals surface area (Å²) in [5.41, 5.74) is 2.32. The molecule has 0 aliphatic heterocycles. The van der Waals surface area contributed by atoms with Crippen molar-refractivity contribution in [3.8, 4) is 5.75 Å². The number of carboxylic acids is 1. The molecule has 2 aromatic rings. The Labute approximate surface area is 118 Å². The third kappa shape index (κ3) is 3.59. The number of hydrogen-bond acceptors (Lipinski definition) is 3. The lowest BCUT2D eigenvalue weighted by Crippen LogP contribution is -2.13. The summed E-state index contributed by atoms with van der Waals surface area (Å²) in [6.45, 7) is 1.28. The molecule has 0 amide bonds. The van der Waals surface area contributed by atoms with E-state index >= 15 is 0 Å². The Hall–Kier alpha value is -2.33. The molecule has 0 atom stereocenters. The van der Waals surface area contributed by atoms with Gasteiger partial charge in [0.2, 0.25) is 0 Å². The summed E-state index contributed by atoms with van der Waals surface area (Å²) in [6, 6.07) is 14.7. The van der Waals surface area contributed by atoms with Gasteiger partial charge in [0.25, 0.3) is 0 Å². The standard InChI is InChI=1S/C16H17NO3/c1-20-15-8-3-2-6-14(15)11-17-10-12-5-4-7-13(9-12)16(18)19/h2-9,17H,10-11H2,1H3,(H,18,19). The van der Waals surface area contributed by atoms with Gasteiger partial charge in [0.15, 0.2) is 0 Å². The van der Waals surface area contributed by atoms with E-state index in [0.29, 0.717) is 18.7 Å². The highest BCUT2D eigenvalue weighted by Crippen LogP contribution is 2.16. The van der Waals surface area contributed by atoms with E-state index in [0.717, 1.165) is 16.9 Å². The maximum absolute atomic E-state index is 10.9. The predicted octanol–water partition coefficient (Wildman–Crippen LogP) is 2.68.